The number of rotatable bonds is 2. The van der Waals surface area contributed by atoms with E-state index in [-0.39, 0.29) is 11.7 Å². The summed E-state index contributed by atoms with van der Waals surface area (Å²) >= 11 is 0. The number of pyridine rings is 1. The van der Waals surface area contributed by atoms with Crippen LogP contribution >= 0.6 is 0 Å². The number of carbonyl (C=O) groups excluding carboxylic acids is 1. The number of amides is 1. The highest BCUT2D eigenvalue weighted by atomic mass is 16.1. The van der Waals surface area contributed by atoms with Crippen LogP contribution in [0.15, 0.2) is 12.3 Å². The van der Waals surface area contributed by atoms with Crippen molar-refractivity contribution in [2.24, 2.45) is 0 Å². The molecule has 0 aromatic carbocycles. The Hall–Kier alpha value is -1.58. The van der Waals surface area contributed by atoms with Crippen molar-refractivity contribution in [3.63, 3.8) is 0 Å². The molecule has 3 N–H and O–H groups in total. The summed E-state index contributed by atoms with van der Waals surface area (Å²) in [4.78, 5) is 15.0. The van der Waals surface area contributed by atoms with Gasteiger partial charge in [0.25, 0.3) is 5.91 Å². The monoisotopic (exact) mass is 164 g/mol. The molecule has 1 radical (unpaired) electrons. The molecule has 0 spiro atoms. The molecule has 1 amide bonds. The highest BCUT2D eigenvalue weighted by Crippen LogP contribution is 2.04. The maximum Gasteiger partial charge on any atom is 0.255 e. The highest BCUT2D eigenvalue weighted by Gasteiger charge is 2.07. The number of carbonyl (C=O) groups is 1. The second kappa shape index (κ2) is 3.71. The lowest BCUT2D eigenvalue weighted by atomic mass is 10.2. The number of nitrogens with one attached hydrogen (secondary N) is 1. The third-order valence-electron chi connectivity index (χ3n) is 1.34. The van der Waals surface area contributed by atoms with Gasteiger partial charge in [0.05, 0.1) is 5.56 Å². The SMILES string of the molecule is CCNC(=O)c1[c]ccnc1N. The third kappa shape index (κ3) is 1.72. The quantitative estimate of drug-likeness (QED) is 0.656. The molecule has 12 heavy (non-hydrogen) atoms. The first-order valence-corrected chi connectivity index (χ1v) is 3.66. The van der Waals surface area contributed by atoms with Crippen molar-refractivity contribution >= 4 is 11.7 Å². The fourth-order valence-electron chi connectivity index (χ4n) is 0.807. The lowest BCUT2D eigenvalue weighted by molar-refractivity contribution is 0.0956. The number of nitrogens with two attached hydrogens (primary N) is 1. The fraction of sp³-hybridized carbons (Fsp3) is 0.250. The van der Waals surface area contributed by atoms with E-state index in [1.807, 2.05) is 6.92 Å². The molecule has 0 aliphatic carbocycles. The van der Waals surface area contributed by atoms with Gasteiger partial charge < -0.3 is 11.1 Å². The molecule has 0 atom stereocenters. The Kier molecular flexibility index (Phi) is 2.63. The van der Waals surface area contributed by atoms with Gasteiger partial charge in [-0.05, 0) is 13.0 Å². The minimum Gasteiger partial charge on any atom is -0.383 e. The van der Waals surface area contributed by atoms with E-state index in [0.717, 1.165) is 0 Å². The van der Waals surface area contributed by atoms with Crippen LogP contribution in [0.1, 0.15) is 17.3 Å². The van der Waals surface area contributed by atoms with Gasteiger partial charge >= 0.3 is 0 Å². The molecule has 0 aliphatic heterocycles. The first-order valence-electron chi connectivity index (χ1n) is 3.66. The first-order chi connectivity index (χ1) is 5.75. The summed E-state index contributed by atoms with van der Waals surface area (Å²) in [6, 6.07) is 4.28. The van der Waals surface area contributed by atoms with Crippen LogP contribution in [-0.2, 0) is 0 Å². The molecule has 0 saturated heterocycles. The number of anilines is 1. The van der Waals surface area contributed by atoms with Gasteiger partial charge in [-0.25, -0.2) is 4.98 Å². The second-order valence-electron chi connectivity index (χ2n) is 2.21. The van der Waals surface area contributed by atoms with Gasteiger partial charge in [0.15, 0.2) is 0 Å². The Balaban J connectivity index is 2.87. The predicted octanol–water partition coefficient (Wildman–Crippen LogP) is 0.214. The van der Waals surface area contributed by atoms with Gasteiger partial charge in [-0.1, -0.05) is 0 Å². The van der Waals surface area contributed by atoms with Gasteiger partial charge in [0.1, 0.15) is 5.82 Å². The number of hydrogen-bond donors (Lipinski definition) is 2. The molecule has 0 bridgehead atoms. The predicted molar refractivity (Wildman–Crippen MR) is 45.5 cm³/mol. The van der Waals surface area contributed by atoms with Crippen LogP contribution in [0.5, 0.6) is 0 Å². The Bertz CT molecular complexity index is 285. The summed E-state index contributed by atoms with van der Waals surface area (Å²) in [5.41, 5.74) is 5.75. The number of nitrogen functional groups attached to an aromatic ring is 1. The Labute approximate surface area is 70.8 Å². The molecule has 1 aromatic rings. The van der Waals surface area contributed by atoms with Crippen LogP contribution in [0.4, 0.5) is 5.82 Å². The summed E-state index contributed by atoms with van der Waals surface area (Å²) in [6.07, 6.45) is 1.50. The minimum atomic E-state index is -0.233. The average Bonchev–Trinajstić information content (AvgIpc) is 2.05. The molecular formula is C8H10N3O. The lowest BCUT2D eigenvalue weighted by Gasteiger charge is -2.02. The topological polar surface area (TPSA) is 68.0 Å². The molecule has 1 aromatic heterocycles. The van der Waals surface area contributed by atoms with Gasteiger partial charge in [-0.3, -0.25) is 4.79 Å². The van der Waals surface area contributed by atoms with E-state index < -0.39 is 0 Å². The standard InChI is InChI=1S/C8H10N3O/c1-2-10-8(12)6-4-3-5-11-7(6)9/h3,5H,2H2,1H3,(H2,9,11)(H,10,12). The summed E-state index contributed by atoms with van der Waals surface area (Å²) in [5.74, 6) is -0.0217. The van der Waals surface area contributed by atoms with Crippen LogP contribution in [0.3, 0.4) is 0 Å². The molecule has 0 saturated carbocycles. The van der Waals surface area contributed by atoms with Gasteiger partial charge in [0, 0.05) is 18.8 Å². The molecule has 1 rings (SSSR count). The summed E-state index contributed by atoms with van der Waals surface area (Å²) < 4.78 is 0. The van der Waals surface area contributed by atoms with Crippen molar-refractivity contribution in [1.29, 1.82) is 0 Å². The first kappa shape index (κ1) is 8.52. The smallest absolute Gasteiger partial charge is 0.255 e. The molecule has 1 heterocycles. The number of aromatic nitrogens is 1. The van der Waals surface area contributed by atoms with E-state index in [2.05, 4.69) is 16.4 Å². The zero-order chi connectivity index (χ0) is 8.97. The molecular weight excluding hydrogens is 154 g/mol. The van der Waals surface area contributed by atoms with E-state index >= 15 is 0 Å². The van der Waals surface area contributed by atoms with Gasteiger partial charge in [0.2, 0.25) is 0 Å². The van der Waals surface area contributed by atoms with Gasteiger partial charge in [-0.2, -0.15) is 0 Å². The Morgan fingerprint density at radius 1 is 1.83 bits per heavy atom. The van der Waals surface area contributed by atoms with Crippen LogP contribution in [0.2, 0.25) is 0 Å². The molecule has 4 heteroatoms. The highest BCUT2D eigenvalue weighted by molar-refractivity contribution is 5.97. The van der Waals surface area contributed by atoms with Crippen molar-refractivity contribution in [2.75, 3.05) is 12.3 Å². The van der Waals surface area contributed by atoms with Crippen molar-refractivity contribution in [2.45, 2.75) is 6.92 Å². The molecule has 63 valence electrons. The van der Waals surface area contributed by atoms with E-state index in [0.29, 0.717) is 12.1 Å². The molecule has 0 unspecified atom stereocenters. The minimum absolute atomic E-state index is 0.212. The van der Waals surface area contributed by atoms with E-state index in [4.69, 9.17) is 5.73 Å². The zero-order valence-corrected chi connectivity index (χ0v) is 6.79. The molecule has 0 fully saturated rings. The van der Waals surface area contributed by atoms with Crippen LogP contribution < -0.4 is 11.1 Å². The van der Waals surface area contributed by atoms with Crippen LogP contribution in [0.25, 0.3) is 0 Å². The van der Waals surface area contributed by atoms with Crippen molar-refractivity contribution in [3.05, 3.63) is 23.9 Å². The molecule has 4 nitrogen and oxygen atoms in total. The van der Waals surface area contributed by atoms with Crippen molar-refractivity contribution < 1.29 is 4.79 Å². The van der Waals surface area contributed by atoms with Crippen LogP contribution in [0, 0.1) is 6.07 Å². The third-order valence-corrected chi connectivity index (χ3v) is 1.34. The van der Waals surface area contributed by atoms with E-state index in [9.17, 15) is 4.79 Å². The number of hydrogen-bond acceptors (Lipinski definition) is 3. The Morgan fingerprint density at radius 2 is 2.58 bits per heavy atom. The fourth-order valence-corrected chi connectivity index (χ4v) is 0.807. The lowest BCUT2D eigenvalue weighted by Crippen LogP contribution is -2.24. The summed E-state index contributed by atoms with van der Waals surface area (Å²) in [7, 11) is 0. The zero-order valence-electron chi connectivity index (χ0n) is 6.79. The summed E-state index contributed by atoms with van der Waals surface area (Å²) in [5, 5.41) is 2.61. The molecule has 0 aliphatic rings. The Morgan fingerprint density at radius 3 is 3.17 bits per heavy atom. The number of nitrogens with zero attached hydrogens (tertiary/aromatic N) is 1. The van der Waals surface area contributed by atoms with Crippen molar-refractivity contribution in [3.8, 4) is 0 Å². The normalized spacial score (nSPS) is 9.42. The van der Waals surface area contributed by atoms with E-state index in [1.165, 1.54) is 6.20 Å². The maximum absolute atomic E-state index is 11.2. The second-order valence-corrected chi connectivity index (χ2v) is 2.21. The van der Waals surface area contributed by atoms with Crippen molar-refractivity contribution in [1.82, 2.24) is 10.3 Å². The maximum atomic E-state index is 11.2. The van der Waals surface area contributed by atoms with E-state index in [1.54, 1.807) is 6.07 Å². The summed E-state index contributed by atoms with van der Waals surface area (Å²) in [6.45, 7) is 2.41. The van der Waals surface area contributed by atoms with Crippen LogP contribution in [-0.4, -0.2) is 17.4 Å². The van der Waals surface area contributed by atoms with Gasteiger partial charge in [-0.15, -0.1) is 0 Å². The largest absolute Gasteiger partial charge is 0.383 e. The average molecular weight is 164 g/mol.